The van der Waals surface area contributed by atoms with Crippen LogP contribution in [0.15, 0.2) is 36.4 Å². The molecule has 0 fully saturated rings. The van der Waals surface area contributed by atoms with E-state index in [-0.39, 0.29) is 6.04 Å². The third kappa shape index (κ3) is 3.40. The smallest absolute Gasteiger partial charge is 0.0872 e. The van der Waals surface area contributed by atoms with E-state index in [1.54, 1.807) is 13.0 Å². The first kappa shape index (κ1) is 9.96. The first-order valence-corrected chi connectivity index (χ1v) is 4.37. The van der Waals surface area contributed by atoms with Crippen LogP contribution in [0.2, 0.25) is 0 Å². The van der Waals surface area contributed by atoms with E-state index in [2.05, 4.69) is 0 Å². The minimum atomic E-state index is -0.569. The van der Waals surface area contributed by atoms with E-state index >= 15 is 0 Å². The Balaban J connectivity index is 2.59. The van der Waals surface area contributed by atoms with Gasteiger partial charge in [0.05, 0.1) is 6.10 Å². The molecule has 13 heavy (non-hydrogen) atoms. The van der Waals surface area contributed by atoms with Crippen LogP contribution >= 0.6 is 0 Å². The second-order valence-electron chi connectivity index (χ2n) is 3.12. The van der Waals surface area contributed by atoms with E-state index < -0.39 is 6.10 Å². The van der Waals surface area contributed by atoms with Crippen LogP contribution < -0.4 is 5.73 Å². The summed E-state index contributed by atoms with van der Waals surface area (Å²) in [4.78, 5) is 0. The molecular weight excluding hydrogens is 162 g/mol. The van der Waals surface area contributed by atoms with Crippen LogP contribution in [0, 0.1) is 0 Å². The summed E-state index contributed by atoms with van der Waals surface area (Å²) >= 11 is 0. The number of hydrogen-bond donors (Lipinski definition) is 2. The number of rotatable bonds is 3. The molecule has 0 radical (unpaired) electrons. The monoisotopic (exact) mass is 177 g/mol. The molecule has 1 rings (SSSR count). The molecule has 2 nitrogen and oxygen atoms in total. The Bertz CT molecular complexity index is 267. The molecule has 0 saturated carbocycles. The molecule has 0 spiro atoms. The van der Waals surface area contributed by atoms with E-state index in [4.69, 9.17) is 5.73 Å². The highest BCUT2D eigenvalue weighted by Crippen LogP contribution is 2.02. The Hall–Kier alpha value is -1.12. The SMILES string of the molecule is CC(N)C(O)C=Cc1ccccc1. The molecule has 0 aliphatic carbocycles. The van der Waals surface area contributed by atoms with Gasteiger partial charge in [0.15, 0.2) is 0 Å². The van der Waals surface area contributed by atoms with Gasteiger partial charge in [-0.25, -0.2) is 0 Å². The maximum absolute atomic E-state index is 9.38. The highest BCUT2D eigenvalue weighted by molar-refractivity contribution is 5.49. The van der Waals surface area contributed by atoms with E-state index in [1.165, 1.54) is 0 Å². The lowest BCUT2D eigenvalue weighted by atomic mass is 10.1. The van der Waals surface area contributed by atoms with Crippen molar-refractivity contribution >= 4 is 6.08 Å². The molecule has 0 saturated heterocycles. The molecule has 1 aromatic rings. The molecule has 2 atom stereocenters. The quantitative estimate of drug-likeness (QED) is 0.733. The number of hydrogen-bond acceptors (Lipinski definition) is 2. The molecular formula is C11H15NO. The Morgan fingerprint density at radius 2 is 1.92 bits per heavy atom. The zero-order chi connectivity index (χ0) is 9.68. The van der Waals surface area contributed by atoms with Gasteiger partial charge in [-0.05, 0) is 12.5 Å². The van der Waals surface area contributed by atoms with Crippen molar-refractivity contribution in [2.24, 2.45) is 5.73 Å². The molecule has 0 aliphatic heterocycles. The Labute approximate surface area is 78.7 Å². The second kappa shape index (κ2) is 4.80. The summed E-state index contributed by atoms with van der Waals surface area (Å²) in [6, 6.07) is 9.60. The maximum atomic E-state index is 9.38. The summed E-state index contributed by atoms with van der Waals surface area (Å²) in [5, 5.41) is 9.38. The third-order valence-electron chi connectivity index (χ3n) is 1.82. The van der Waals surface area contributed by atoms with Crippen LogP contribution in [0.25, 0.3) is 6.08 Å². The molecule has 70 valence electrons. The molecule has 3 N–H and O–H groups in total. The summed E-state index contributed by atoms with van der Waals surface area (Å²) in [7, 11) is 0. The van der Waals surface area contributed by atoms with Crippen molar-refractivity contribution in [1.29, 1.82) is 0 Å². The minimum absolute atomic E-state index is 0.222. The van der Waals surface area contributed by atoms with Crippen molar-refractivity contribution in [2.75, 3.05) is 0 Å². The van der Waals surface area contributed by atoms with Gasteiger partial charge in [0.25, 0.3) is 0 Å². The fourth-order valence-electron chi connectivity index (χ4n) is 0.949. The normalized spacial score (nSPS) is 15.9. The van der Waals surface area contributed by atoms with Crippen LogP contribution in [-0.4, -0.2) is 17.3 Å². The summed E-state index contributed by atoms with van der Waals surface area (Å²) in [6.07, 6.45) is 3.01. The van der Waals surface area contributed by atoms with Gasteiger partial charge in [-0.3, -0.25) is 0 Å². The van der Waals surface area contributed by atoms with Gasteiger partial charge < -0.3 is 10.8 Å². The van der Waals surface area contributed by atoms with Crippen molar-refractivity contribution in [3.05, 3.63) is 42.0 Å². The molecule has 0 amide bonds. The van der Waals surface area contributed by atoms with E-state index in [0.717, 1.165) is 5.56 Å². The average Bonchev–Trinajstić information content (AvgIpc) is 2.15. The van der Waals surface area contributed by atoms with Crippen LogP contribution in [0.1, 0.15) is 12.5 Å². The Morgan fingerprint density at radius 3 is 2.46 bits per heavy atom. The summed E-state index contributed by atoms with van der Waals surface area (Å²) in [5.41, 5.74) is 6.57. The molecule has 0 aliphatic rings. The first-order chi connectivity index (χ1) is 6.20. The third-order valence-corrected chi connectivity index (χ3v) is 1.82. The van der Waals surface area contributed by atoms with E-state index in [0.29, 0.717) is 0 Å². The molecule has 0 bridgehead atoms. The van der Waals surface area contributed by atoms with Crippen LogP contribution in [0.5, 0.6) is 0 Å². The number of nitrogens with two attached hydrogens (primary N) is 1. The van der Waals surface area contributed by atoms with Gasteiger partial charge in [0.2, 0.25) is 0 Å². The fourth-order valence-corrected chi connectivity index (χ4v) is 0.949. The molecule has 2 heteroatoms. The van der Waals surface area contributed by atoms with E-state index in [1.807, 2.05) is 36.4 Å². The Kier molecular flexibility index (Phi) is 3.68. The molecule has 0 heterocycles. The standard InChI is InChI=1S/C11H15NO/c1-9(12)11(13)8-7-10-5-3-2-4-6-10/h2-9,11,13H,12H2,1H3. The summed E-state index contributed by atoms with van der Waals surface area (Å²) in [6.45, 7) is 1.78. The van der Waals surface area contributed by atoms with Crippen molar-refractivity contribution < 1.29 is 5.11 Å². The number of aliphatic hydroxyl groups is 1. The lowest BCUT2D eigenvalue weighted by Crippen LogP contribution is -2.29. The average molecular weight is 177 g/mol. The maximum Gasteiger partial charge on any atom is 0.0872 e. The highest BCUT2D eigenvalue weighted by Gasteiger charge is 2.03. The van der Waals surface area contributed by atoms with Crippen molar-refractivity contribution in [3.63, 3.8) is 0 Å². The van der Waals surface area contributed by atoms with E-state index in [9.17, 15) is 5.11 Å². The predicted molar refractivity (Wildman–Crippen MR) is 55.1 cm³/mol. The van der Waals surface area contributed by atoms with Gasteiger partial charge in [-0.1, -0.05) is 42.5 Å². The molecule has 0 aromatic heterocycles. The predicted octanol–water partition coefficient (Wildman–Crippen LogP) is 1.41. The zero-order valence-corrected chi connectivity index (χ0v) is 7.72. The van der Waals surface area contributed by atoms with Crippen LogP contribution in [0.3, 0.4) is 0 Å². The summed E-state index contributed by atoms with van der Waals surface area (Å²) < 4.78 is 0. The fraction of sp³-hybridized carbons (Fsp3) is 0.273. The van der Waals surface area contributed by atoms with Crippen molar-refractivity contribution in [3.8, 4) is 0 Å². The number of benzene rings is 1. The van der Waals surface area contributed by atoms with Crippen molar-refractivity contribution in [2.45, 2.75) is 19.1 Å². The largest absolute Gasteiger partial charge is 0.387 e. The zero-order valence-electron chi connectivity index (χ0n) is 7.72. The first-order valence-electron chi connectivity index (χ1n) is 4.37. The van der Waals surface area contributed by atoms with Gasteiger partial charge in [0.1, 0.15) is 0 Å². The van der Waals surface area contributed by atoms with Gasteiger partial charge in [-0.2, -0.15) is 0 Å². The lowest BCUT2D eigenvalue weighted by Gasteiger charge is -2.08. The number of aliphatic hydroxyl groups excluding tert-OH is 1. The lowest BCUT2D eigenvalue weighted by molar-refractivity contribution is 0.199. The highest BCUT2D eigenvalue weighted by atomic mass is 16.3. The topological polar surface area (TPSA) is 46.2 Å². The van der Waals surface area contributed by atoms with Gasteiger partial charge in [-0.15, -0.1) is 0 Å². The van der Waals surface area contributed by atoms with Crippen molar-refractivity contribution in [1.82, 2.24) is 0 Å². The van der Waals surface area contributed by atoms with Crippen LogP contribution in [0.4, 0.5) is 0 Å². The minimum Gasteiger partial charge on any atom is -0.387 e. The van der Waals surface area contributed by atoms with Crippen LogP contribution in [-0.2, 0) is 0 Å². The Morgan fingerprint density at radius 1 is 1.31 bits per heavy atom. The molecule has 2 unspecified atom stereocenters. The van der Waals surface area contributed by atoms with Gasteiger partial charge >= 0.3 is 0 Å². The van der Waals surface area contributed by atoms with Gasteiger partial charge in [0, 0.05) is 6.04 Å². The summed E-state index contributed by atoms with van der Waals surface area (Å²) in [5.74, 6) is 0. The second-order valence-corrected chi connectivity index (χ2v) is 3.12. The molecule has 1 aromatic carbocycles.